The molecule has 0 aromatic carbocycles. The summed E-state index contributed by atoms with van der Waals surface area (Å²) in [7, 11) is 0. The highest BCUT2D eigenvalue weighted by atomic mass is 32.2. The quantitative estimate of drug-likeness (QED) is 0.325. The summed E-state index contributed by atoms with van der Waals surface area (Å²) in [6.07, 6.45) is 5.54. The molecule has 11 atom stereocenters. The summed E-state index contributed by atoms with van der Waals surface area (Å²) in [4.78, 5) is 50.6. The van der Waals surface area contributed by atoms with Crippen molar-refractivity contribution >= 4 is 35.4 Å². The van der Waals surface area contributed by atoms with E-state index in [1.165, 1.54) is 25.6 Å². The number of thioether (sulfide) groups is 1. The minimum atomic E-state index is -0.709. The van der Waals surface area contributed by atoms with Gasteiger partial charge in [-0.15, -0.1) is 18.3 Å². The van der Waals surface area contributed by atoms with E-state index in [2.05, 4.69) is 32.7 Å². The van der Waals surface area contributed by atoms with Gasteiger partial charge in [-0.05, 0) is 62.2 Å². The number of carbonyl (C=O) groups is 4. The molecule has 4 rings (SSSR count). The molecule has 4 aliphatic carbocycles. The van der Waals surface area contributed by atoms with Crippen LogP contribution in [0.3, 0.4) is 0 Å². The summed E-state index contributed by atoms with van der Waals surface area (Å²) in [6, 6.07) is -0.0429. The van der Waals surface area contributed by atoms with E-state index in [1.54, 1.807) is 6.08 Å². The minimum Gasteiger partial charge on any atom is -0.461 e. The van der Waals surface area contributed by atoms with Crippen molar-refractivity contribution in [3.8, 4) is 0 Å². The number of nitrogens with one attached hydrogen (secondary N) is 1. The molecular formula is C32H49NO7S. The SMILES string of the molecule is C=C[C@]1(C)C[C@@H](OC(=O)CS[C@@H]2C[C@@H](NC(C)=O)CC[C@H]2OC(C)=O)[C@]2(C)C(C)CCC3(CCC(=O)[C@H]32)[C@@H](C)[C@@H]1O. The summed E-state index contributed by atoms with van der Waals surface area (Å²) in [5, 5.41) is 14.5. The van der Waals surface area contributed by atoms with Gasteiger partial charge in [-0.3, -0.25) is 19.2 Å². The number of hydrogen-bond acceptors (Lipinski definition) is 8. The fourth-order valence-corrected chi connectivity index (χ4v) is 10.1. The molecule has 1 amide bonds. The van der Waals surface area contributed by atoms with Gasteiger partial charge in [-0.1, -0.05) is 33.8 Å². The summed E-state index contributed by atoms with van der Waals surface area (Å²) < 4.78 is 11.9. The number of hydrogen-bond donors (Lipinski definition) is 2. The van der Waals surface area contributed by atoms with Crippen LogP contribution in [0.5, 0.6) is 0 Å². The Hall–Kier alpha value is -1.87. The number of aliphatic hydroxyl groups excluding tert-OH is 1. The molecule has 0 spiro atoms. The first-order valence-corrected chi connectivity index (χ1v) is 16.3. The first-order chi connectivity index (χ1) is 19.2. The highest BCUT2D eigenvalue weighted by molar-refractivity contribution is 8.00. The summed E-state index contributed by atoms with van der Waals surface area (Å²) in [6.45, 7) is 15.3. The van der Waals surface area contributed by atoms with Crippen molar-refractivity contribution in [2.45, 2.75) is 123 Å². The average Bonchev–Trinajstić information content (AvgIpc) is 3.26. The molecule has 0 aromatic heterocycles. The Kier molecular flexibility index (Phi) is 9.40. The number of aliphatic hydroxyl groups is 1. The molecule has 2 unspecified atom stereocenters. The fourth-order valence-electron chi connectivity index (χ4n) is 8.91. The maximum Gasteiger partial charge on any atom is 0.316 e. The van der Waals surface area contributed by atoms with Gasteiger partial charge >= 0.3 is 11.9 Å². The predicted octanol–water partition coefficient (Wildman–Crippen LogP) is 4.62. The van der Waals surface area contributed by atoms with E-state index in [9.17, 15) is 24.3 Å². The Balaban J connectivity index is 1.58. The fraction of sp³-hybridized carbons (Fsp3) is 0.812. The van der Waals surface area contributed by atoms with Crippen LogP contribution in [0.15, 0.2) is 12.7 Å². The van der Waals surface area contributed by atoms with E-state index in [1.807, 2.05) is 6.92 Å². The van der Waals surface area contributed by atoms with Crippen LogP contribution in [-0.4, -0.2) is 64.1 Å². The van der Waals surface area contributed by atoms with Gasteiger partial charge in [0.15, 0.2) is 0 Å². The second-order valence-electron chi connectivity index (χ2n) is 13.8. The smallest absolute Gasteiger partial charge is 0.316 e. The zero-order valence-electron chi connectivity index (χ0n) is 25.6. The number of ketones is 1. The lowest BCUT2D eigenvalue weighted by Crippen LogP contribution is -2.63. The van der Waals surface area contributed by atoms with E-state index >= 15 is 0 Å². The van der Waals surface area contributed by atoms with Crippen LogP contribution in [0.4, 0.5) is 0 Å². The molecule has 41 heavy (non-hydrogen) atoms. The van der Waals surface area contributed by atoms with Crippen LogP contribution < -0.4 is 5.32 Å². The molecule has 4 aliphatic rings. The standard InChI is InChI=1S/C32H49NO7S/c1-8-30(6)16-26(31(7)18(2)11-13-32(19(3)29(30)38)14-12-23(36)28(31)32)40-27(37)17-41-25-15-22(33-20(4)34)9-10-24(25)39-21(5)35/h8,18-19,22,24-26,28-29,38H,1,9-17H2,2-7H3,(H,33,34)/t18?,19-,22-,24+,25+,26+,28-,29-,30+,31-,32?/m0/s1. The van der Waals surface area contributed by atoms with Crippen molar-refractivity contribution in [2.75, 3.05) is 5.75 Å². The van der Waals surface area contributed by atoms with E-state index in [0.717, 1.165) is 19.3 Å². The monoisotopic (exact) mass is 591 g/mol. The highest BCUT2D eigenvalue weighted by Gasteiger charge is 2.68. The molecule has 9 heteroatoms. The molecule has 0 aromatic rings. The second kappa shape index (κ2) is 12.0. The molecule has 2 N–H and O–H groups in total. The van der Waals surface area contributed by atoms with Crippen molar-refractivity contribution < 1.29 is 33.8 Å². The Bertz CT molecular complexity index is 1060. The topological polar surface area (TPSA) is 119 Å². The van der Waals surface area contributed by atoms with E-state index < -0.39 is 23.0 Å². The van der Waals surface area contributed by atoms with E-state index in [4.69, 9.17) is 9.47 Å². The van der Waals surface area contributed by atoms with E-state index in [-0.39, 0.29) is 69.9 Å². The van der Waals surface area contributed by atoms with Gasteiger partial charge < -0.3 is 19.9 Å². The summed E-state index contributed by atoms with van der Waals surface area (Å²) in [5.74, 6) is -0.758. The molecule has 230 valence electrons. The van der Waals surface area contributed by atoms with Gasteiger partial charge in [0.25, 0.3) is 0 Å². The van der Waals surface area contributed by atoms with Gasteiger partial charge in [0.1, 0.15) is 18.0 Å². The summed E-state index contributed by atoms with van der Waals surface area (Å²) >= 11 is 1.39. The molecule has 0 aliphatic heterocycles. The molecule has 0 heterocycles. The average molecular weight is 592 g/mol. The molecule has 2 bridgehead atoms. The van der Waals surface area contributed by atoms with Crippen molar-refractivity contribution in [1.82, 2.24) is 5.32 Å². The zero-order valence-corrected chi connectivity index (χ0v) is 26.4. The third kappa shape index (κ3) is 5.86. The minimum absolute atomic E-state index is 0.0429. The first-order valence-electron chi connectivity index (χ1n) is 15.3. The third-order valence-electron chi connectivity index (χ3n) is 11.4. The van der Waals surface area contributed by atoms with Crippen molar-refractivity contribution in [2.24, 2.45) is 34.0 Å². The maximum atomic E-state index is 13.6. The molecule has 4 fully saturated rings. The molecule has 8 nitrogen and oxygen atoms in total. The van der Waals surface area contributed by atoms with Crippen molar-refractivity contribution in [3.63, 3.8) is 0 Å². The number of amides is 1. The van der Waals surface area contributed by atoms with Gasteiger partial charge in [0, 0.05) is 48.3 Å². The normalized spacial score (nSPS) is 44.1. The lowest BCUT2D eigenvalue weighted by atomic mass is 9.44. The number of carbonyl (C=O) groups excluding carboxylic acids is 4. The maximum absolute atomic E-state index is 13.6. The van der Waals surface area contributed by atoms with Crippen LogP contribution in [0.25, 0.3) is 0 Å². The predicted molar refractivity (Wildman–Crippen MR) is 158 cm³/mol. The van der Waals surface area contributed by atoms with Gasteiger partial charge in [0.2, 0.25) is 5.91 Å². The van der Waals surface area contributed by atoms with Crippen LogP contribution in [0.1, 0.15) is 92.9 Å². The first kappa shape index (κ1) is 32.1. The lowest BCUT2D eigenvalue weighted by molar-refractivity contribution is -0.205. The number of ether oxygens (including phenoxy) is 2. The number of Topliss-reactive ketones (excluding diaryl/α,β-unsaturated/α-hetero) is 1. The van der Waals surface area contributed by atoms with Gasteiger partial charge in [-0.25, -0.2) is 0 Å². The third-order valence-corrected chi connectivity index (χ3v) is 12.8. The highest BCUT2D eigenvalue weighted by Crippen LogP contribution is 2.68. The van der Waals surface area contributed by atoms with Gasteiger partial charge in [0.05, 0.1) is 11.9 Å². The Morgan fingerprint density at radius 3 is 2.46 bits per heavy atom. The van der Waals surface area contributed by atoms with Gasteiger partial charge in [-0.2, -0.15) is 0 Å². The molecule has 4 saturated carbocycles. The lowest BCUT2D eigenvalue weighted by Gasteiger charge is -2.61. The second-order valence-corrected chi connectivity index (χ2v) is 15.0. The Labute approximate surface area is 249 Å². The molecule has 0 saturated heterocycles. The van der Waals surface area contributed by atoms with Crippen LogP contribution in [0, 0.1) is 34.0 Å². The van der Waals surface area contributed by atoms with Crippen molar-refractivity contribution in [1.29, 1.82) is 0 Å². The van der Waals surface area contributed by atoms with Crippen LogP contribution >= 0.6 is 11.8 Å². The van der Waals surface area contributed by atoms with Crippen molar-refractivity contribution in [3.05, 3.63) is 12.7 Å². The summed E-state index contributed by atoms with van der Waals surface area (Å²) in [5.41, 5.74) is -1.57. The molecular weight excluding hydrogens is 542 g/mol. The number of esters is 2. The largest absolute Gasteiger partial charge is 0.461 e. The number of rotatable bonds is 7. The van der Waals surface area contributed by atoms with E-state index in [0.29, 0.717) is 32.1 Å². The zero-order chi connectivity index (χ0) is 30.3. The Morgan fingerprint density at radius 1 is 1.12 bits per heavy atom. The Morgan fingerprint density at radius 2 is 1.83 bits per heavy atom. The molecule has 0 radical (unpaired) electrons. The van der Waals surface area contributed by atoms with Crippen LogP contribution in [-0.2, 0) is 28.7 Å². The van der Waals surface area contributed by atoms with Crippen LogP contribution in [0.2, 0.25) is 0 Å².